The summed E-state index contributed by atoms with van der Waals surface area (Å²) in [6.45, 7) is 4.08. The van der Waals surface area contributed by atoms with Crippen LogP contribution in [0.25, 0.3) is 0 Å². The molecule has 2 N–H and O–H groups in total. The molecule has 0 spiro atoms. The maximum absolute atomic E-state index is 6.20. The number of nitrogens with zero attached hydrogens (tertiary/aromatic N) is 1. The minimum absolute atomic E-state index is 0.0441. The summed E-state index contributed by atoms with van der Waals surface area (Å²) < 4.78 is 0. The van der Waals surface area contributed by atoms with Crippen LogP contribution in [0.5, 0.6) is 0 Å². The van der Waals surface area contributed by atoms with Gasteiger partial charge in [0, 0.05) is 4.88 Å². The van der Waals surface area contributed by atoms with Crippen LogP contribution in [-0.4, -0.2) is 4.98 Å². The van der Waals surface area contributed by atoms with E-state index in [4.69, 9.17) is 5.73 Å². The largest absolute Gasteiger partial charge is 0.320 e. The third-order valence-electron chi connectivity index (χ3n) is 2.47. The Labute approximate surface area is 93.8 Å². The Kier molecular flexibility index (Phi) is 2.84. The molecule has 1 heterocycles. The van der Waals surface area contributed by atoms with Gasteiger partial charge in [0.05, 0.1) is 17.2 Å². The van der Waals surface area contributed by atoms with E-state index in [0.717, 1.165) is 16.1 Å². The number of rotatable bonds is 2. The zero-order valence-electron chi connectivity index (χ0n) is 8.90. The number of benzene rings is 1. The lowest BCUT2D eigenvalue weighted by Crippen LogP contribution is -2.11. The van der Waals surface area contributed by atoms with Crippen LogP contribution in [0.1, 0.15) is 27.7 Å². The zero-order chi connectivity index (χ0) is 10.8. The highest BCUT2D eigenvalue weighted by molar-refractivity contribution is 7.09. The summed E-state index contributed by atoms with van der Waals surface area (Å²) in [6, 6.07) is 8.27. The Bertz CT molecular complexity index is 462. The third-order valence-corrected chi connectivity index (χ3v) is 3.48. The van der Waals surface area contributed by atoms with Crippen molar-refractivity contribution in [3.63, 3.8) is 0 Å². The van der Waals surface area contributed by atoms with E-state index in [2.05, 4.69) is 30.1 Å². The van der Waals surface area contributed by atoms with Gasteiger partial charge in [-0.1, -0.05) is 29.8 Å². The van der Waals surface area contributed by atoms with E-state index < -0.39 is 0 Å². The van der Waals surface area contributed by atoms with Crippen LogP contribution in [0.3, 0.4) is 0 Å². The molecule has 78 valence electrons. The number of hydrogen-bond donors (Lipinski definition) is 1. The van der Waals surface area contributed by atoms with Crippen molar-refractivity contribution < 1.29 is 0 Å². The summed E-state index contributed by atoms with van der Waals surface area (Å²) in [6.07, 6.45) is 0. The van der Waals surface area contributed by atoms with Crippen molar-refractivity contribution in [1.82, 2.24) is 4.98 Å². The minimum Gasteiger partial charge on any atom is -0.320 e. The molecular weight excluding hydrogens is 204 g/mol. The second kappa shape index (κ2) is 4.13. The van der Waals surface area contributed by atoms with Gasteiger partial charge in [-0.2, -0.15) is 0 Å². The van der Waals surface area contributed by atoms with E-state index in [-0.39, 0.29) is 6.04 Å². The Balaban J connectivity index is 2.36. The predicted octanol–water partition coefficient (Wildman–Crippen LogP) is 2.81. The van der Waals surface area contributed by atoms with E-state index in [9.17, 15) is 0 Å². The molecule has 2 aromatic rings. The normalized spacial score (nSPS) is 12.7. The summed E-state index contributed by atoms with van der Waals surface area (Å²) in [5, 5.41) is 0. The first kappa shape index (κ1) is 10.3. The summed E-state index contributed by atoms with van der Waals surface area (Å²) in [4.78, 5) is 5.38. The number of aryl methyl sites for hydroxylation is 2. The van der Waals surface area contributed by atoms with Gasteiger partial charge in [-0.05, 0) is 19.4 Å². The number of hydrogen-bond acceptors (Lipinski definition) is 3. The fourth-order valence-electron chi connectivity index (χ4n) is 1.62. The molecule has 15 heavy (non-hydrogen) atoms. The highest BCUT2D eigenvalue weighted by Gasteiger charge is 2.13. The Morgan fingerprint density at radius 2 is 2.13 bits per heavy atom. The van der Waals surface area contributed by atoms with Crippen LogP contribution in [0.2, 0.25) is 0 Å². The third kappa shape index (κ3) is 2.08. The summed E-state index contributed by atoms with van der Waals surface area (Å²) >= 11 is 1.62. The van der Waals surface area contributed by atoms with Gasteiger partial charge in [0.1, 0.15) is 0 Å². The lowest BCUT2D eigenvalue weighted by molar-refractivity contribution is 0.875. The van der Waals surface area contributed by atoms with Gasteiger partial charge in [0.25, 0.3) is 0 Å². The second-order valence-corrected chi connectivity index (χ2v) is 4.58. The van der Waals surface area contributed by atoms with Crippen molar-refractivity contribution in [3.05, 3.63) is 51.5 Å². The quantitative estimate of drug-likeness (QED) is 0.841. The maximum Gasteiger partial charge on any atom is 0.0798 e. The number of thiazole rings is 1. The topological polar surface area (TPSA) is 38.9 Å². The monoisotopic (exact) mass is 218 g/mol. The molecule has 0 aliphatic rings. The molecule has 0 saturated carbocycles. The maximum atomic E-state index is 6.20. The van der Waals surface area contributed by atoms with E-state index >= 15 is 0 Å². The molecule has 0 aliphatic heterocycles. The van der Waals surface area contributed by atoms with E-state index in [0.29, 0.717) is 0 Å². The average molecular weight is 218 g/mol. The molecule has 0 amide bonds. The van der Waals surface area contributed by atoms with Gasteiger partial charge in [-0.3, -0.25) is 0 Å². The molecule has 1 aromatic carbocycles. The van der Waals surface area contributed by atoms with Crippen molar-refractivity contribution in [1.29, 1.82) is 0 Å². The lowest BCUT2D eigenvalue weighted by atomic mass is 10.0. The molecule has 1 unspecified atom stereocenters. The lowest BCUT2D eigenvalue weighted by Gasteiger charge is -2.11. The smallest absolute Gasteiger partial charge is 0.0798 e. The number of nitrogens with two attached hydrogens (primary N) is 1. The van der Waals surface area contributed by atoms with Crippen molar-refractivity contribution in [2.24, 2.45) is 5.73 Å². The van der Waals surface area contributed by atoms with Gasteiger partial charge in [-0.25, -0.2) is 4.98 Å². The predicted molar refractivity (Wildman–Crippen MR) is 64.1 cm³/mol. The molecule has 0 radical (unpaired) electrons. The molecule has 0 aliphatic carbocycles. The molecule has 2 nitrogen and oxygen atoms in total. The average Bonchev–Trinajstić information content (AvgIpc) is 2.63. The van der Waals surface area contributed by atoms with Gasteiger partial charge in [0.2, 0.25) is 0 Å². The first-order valence-corrected chi connectivity index (χ1v) is 5.78. The Hall–Kier alpha value is -1.19. The molecule has 0 bridgehead atoms. The molecular formula is C12H14N2S. The molecule has 2 rings (SSSR count). The van der Waals surface area contributed by atoms with Gasteiger partial charge in [-0.15, -0.1) is 11.3 Å². The first-order valence-electron chi connectivity index (χ1n) is 4.90. The molecule has 0 fully saturated rings. The van der Waals surface area contributed by atoms with Crippen LogP contribution < -0.4 is 5.73 Å². The van der Waals surface area contributed by atoms with E-state index in [1.807, 2.05) is 18.5 Å². The second-order valence-electron chi connectivity index (χ2n) is 3.69. The van der Waals surface area contributed by atoms with E-state index in [1.165, 1.54) is 5.56 Å². The standard InChI is InChI=1S/C12H14N2S/c1-8-4-3-5-10(6-8)11(13)12-9(2)14-7-15-12/h3-7,11H,13H2,1-2H3. The fourth-order valence-corrected chi connectivity index (χ4v) is 2.45. The van der Waals surface area contributed by atoms with Crippen molar-refractivity contribution in [2.45, 2.75) is 19.9 Å². The molecule has 1 aromatic heterocycles. The van der Waals surface area contributed by atoms with Crippen LogP contribution in [0.4, 0.5) is 0 Å². The van der Waals surface area contributed by atoms with Crippen LogP contribution in [0, 0.1) is 13.8 Å². The van der Waals surface area contributed by atoms with Crippen molar-refractivity contribution in [2.75, 3.05) is 0 Å². The van der Waals surface area contributed by atoms with Crippen molar-refractivity contribution in [3.8, 4) is 0 Å². The van der Waals surface area contributed by atoms with Crippen LogP contribution in [0.15, 0.2) is 29.8 Å². The van der Waals surface area contributed by atoms with Gasteiger partial charge >= 0.3 is 0 Å². The Morgan fingerprint density at radius 3 is 2.73 bits per heavy atom. The molecule has 1 atom stereocenters. The van der Waals surface area contributed by atoms with Crippen LogP contribution >= 0.6 is 11.3 Å². The summed E-state index contributed by atoms with van der Waals surface area (Å²) in [7, 11) is 0. The molecule has 0 saturated heterocycles. The SMILES string of the molecule is Cc1cccc(C(N)c2scnc2C)c1. The van der Waals surface area contributed by atoms with Gasteiger partial charge in [0.15, 0.2) is 0 Å². The van der Waals surface area contributed by atoms with Crippen LogP contribution in [-0.2, 0) is 0 Å². The zero-order valence-corrected chi connectivity index (χ0v) is 9.71. The highest BCUT2D eigenvalue weighted by atomic mass is 32.1. The summed E-state index contributed by atoms with van der Waals surface area (Å²) in [5.74, 6) is 0. The highest BCUT2D eigenvalue weighted by Crippen LogP contribution is 2.25. The van der Waals surface area contributed by atoms with E-state index in [1.54, 1.807) is 11.3 Å². The van der Waals surface area contributed by atoms with Gasteiger partial charge < -0.3 is 5.73 Å². The number of aromatic nitrogens is 1. The van der Waals surface area contributed by atoms with Crippen molar-refractivity contribution >= 4 is 11.3 Å². The Morgan fingerprint density at radius 1 is 1.33 bits per heavy atom. The first-order chi connectivity index (χ1) is 7.18. The summed E-state index contributed by atoms with van der Waals surface area (Å²) in [5.41, 5.74) is 11.5. The minimum atomic E-state index is -0.0441. The molecule has 3 heteroatoms. The fraction of sp³-hybridized carbons (Fsp3) is 0.250.